The van der Waals surface area contributed by atoms with Crippen LogP contribution in [0.1, 0.15) is 22.4 Å². The Bertz CT molecular complexity index is 303. The summed E-state index contributed by atoms with van der Waals surface area (Å²) in [7, 11) is 0. The number of carbonyl (C=O) groups is 1. The Morgan fingerprint density at radius 2 is 2.25 bits per heavy atom. The van der Waals surface area contributed by atoms with E-state index in [1.807, 2.05) is 0 Å². The Balaban J connectivity index is 2.93. The highest BCUT2D eigenvalue weighted by Gasteiger charge is 2.34. The number of aryl methyl sites for hydroxylation is 1. The summed E-state index contributed by atoms with van der Waals surface area (Å²) in [6.45, 7) is 2.24. The Morgan fingerprint density at radius 1 is 1.67 bits per heavy atom. The standard InChI is InChI=1S/C7H7F2NOS/c1-4-10-5(3-12-4)6(11)7(2,8)9/h3H,1-2H3. The summed E-state index contributed by atoms with van der Waals surface area (Å²) >= 11 is 1.18. The first-order chi connectivity index (χ1) is 5.41. The molecule has 1 aromatic heterocycles. The van der Waals surface area contributed by atoms with Crippen LogP contribution in [0, 0.1) is 6.92 Å². The summed E-state index contributed by atoms with van der Waals surface area (Å²) in [6.07, 6.45) is 0. The fourth-order valence-corrected chi connectivity index (χ4v) is 1.29. The van der Waals surface area contributed by atoms with Gasteiger partial charge in [0.05, 0.1) is 5.01 Å². The minimum atomic E-state index is -3.32. The van der Waals surface area contributed by atoms with Crippen molar-refractivity contribution >= 4 is 17.1 Å². The minimum Gasteiger partial charge on any atom is -0.286 e. The highest BCUT2D eigenvalue weighted by atomic mass is 32.1. The molecule has 0 atom stereocenters. The topological polar surface area (TPSA) is 30.0 Å². The third kappa shape index (κ3) is 1.85. The molecule has 0 unspecified atom stereocenters. The number of Topliss-reactive ketones (excluding diaryl/α,β-unsaturated/α-hetero) is 1. The molecule has 0 spiro atoms. The van der Waals surface area contributed by atoms with Gasteiger partial charge in [-0.2, -0.15) is 8.78 Å². The molecule has 0 aliphatic rings. The van der Waals surface area contributed by atoms with Crippen molar-refractivity contribution in [3.8, 4) is 0 Å². The smallest absolute Gasteiger partial charge is 0.286 e. The Labute approximate surface area is 72.2 Å². The lowest BCUT2D eigenvalue weighted by Gasteiger charge is -2.04. The second kappa shape index (κ2) is 2.90. The fraction of sp³-hybridized carbons (Fsp3) is 0.429. The summed E-state index contributed by atoms with van der Waals surface area (Å²) in [5.74, 6) is -4.53. The zero-order chi connectivity index (χ0) is 9.35. The summed E-state index contributed by atoms with van der Waals surface area (Å²) in [6, 6.07) is 0. The van der Waals surface area contributed by atoms with Crippen LogP contribution in [0.2, 0.25) is 0 Å². The molecular weight excluding hydrogens is 184 g/mol. The van der Waals surface area contributed by atoms with E-state index in [2.05, 4.69) is 4.98 Å². The molecular formula is C7H7F2NOS. The third-order valence-electron chi connectivity index (χ3n) is 1.25. The maximum absolute atomic E-state index is 12.4. The van der Waals surface area contributed by atoms with Crippen molar-refractivity contribution in [2.75, 3.05) is 0 Å². The number of ketones is 1. The number of carbonyl (C=O) groups excluding carboxylic acids is 1. The third-order valence-corrected chi connectivity index (χ3v) is 2.02. The van der Waals surface area contributed by atoms with Crippen LogP contribution in [-0.4, -0.2) is 16.7 Å². The van der Waals surface area contributed by atoms with Crippen LogP contribution in [0.4, 0.5) is 8.78 Å². The lowest BCUT2D eigenvalue weighted by atomic mass is 10.2. The number of thiazole rings is 1. The van der Waals surface area contributed by atoms with Crippen LogP contribution in [0.3, 0.4) is 0 Å². The highest BCUT2D eigenvalue weighted by Crippen LogP contribution is 2.20. The summed E-state index contributed by atoms with van der Waals surface area (Å²) < 4.78 is 24.9. The average molecular weight is 191 g/mol. The Kier molecular flexibility index (Phi) is 2.23. The molecule has 0 aromatic carbocycles. The van der Waals surface area contributed by atoms with Crippen LogP contribution < -0.4 is 0 Å². The summed E-state index contributed by atoms with van der Waals surface area (Å²) in [5.41, 5.74) is -0.148. The van der Waals surface area contributed by atoms with E-state index >= 15 is 0 Å². The number of hydrogen-bond donors (Lipinski definition) is 0. The first-order valence-electron chi connectivity index (χ1n) is 3.26. The maximum atomic E-state index is 12.4. The molecule has 0 amide bonds. The zero-order valence-electron chi connectivity index (χ0n) is 6.60. The molecule has 5 heteroatoms. The van der Waals surface area contributed by atoms with Crippen LogP contribution in [0.5, 0.6) is 0 Å². The van der Waals surface area contributed by atoms with Gasteiger partial charge in [-0.15, -0.1) is 11.3 Å². The number of rotatable bonds is 2. The monoisotopic (exact) mass is 191 g/mol. The van der Waals surface area contributed by atoms with Crippen LogP contribution >= 0.6 is 11.3 Å². The van der Waals surface area contributed by atoms with E-state index in [0.29, 0.717) is 11.9 Å². The minimum absolute atomic E-state index is 0.148. The van der Waals surface area contributed by atoms with Crippen LogP contribution in [0.25, 0.3) is 0 Å². The predicted molar refractivity (Wildman–Crippen MR) is 41.8 cm³/mol. The number of halogens is 2. The van der Waals surface area contributed by atoms with Gasteiger partial charge in [0.25, 0.3) is 5.78 Å². The number of aromatic nitrogens is 1. The molecule has 1 aromatic rings. The first-order valence-corrected chi connectivity index (χ1v) is 4.14. The van der Waals surface area contributed by atoms with Crippen LogP contribution in [0.15, 0.2) is 5.38 Å². The van der Waals surface area contributed by atoms with Crippen molar-refractivity contribution < 1.29 is 13.6 Å². The largest absolute Gasteiger partial charge is 0.308 e. The van der Waals surface area contributed by atoms with Gasteiger partial charge in [0.1, 0.15) is 5.69 Å². The molecule has 0 bridgehead atoms. The van der Waals surface area contributed by atoms with Gasteiger partial charge >= 0.3 is 5.92 Å². The maximum Gasteiger partial charge on any atom is 0.308 e. The van der Waals surface area contributed by atoms with Crippen molar-refractivity contribution in [3.05, 3.63) is 16.1 Å². The Morgan fingerprint density at radius 3 is 2.58 bits per heavy atom. The molecule has 0 aliphatic heterocycles. The highest BCUT2D eigenvalue weighted by molar-refractivity contribution is 7.09. The number of nitrogens with zero attached hydrogens (tertiary/aromatic N) is 1. The second-order valence-electron chi connectivity index (χ2n) is 2.47. The normalized spacial score (nSPS) is 11.7. The van der Waals surface area contributed by atoms with E-state index < -0.39 is 11.7 Å². The molecule has 2 nitrogen and oxygen atoms in total. The van der Waals surface area contributed by atoms with E-state index in [-0.39, 0.29) is 5.69 Å². The van der Waals surface area contributed by atoms with E-state index in [9.17, 15) is 13.6 Å². The van der Waals surface area contributed by atoms with Gasteiger partial charge in [-0.3, -0.25) is 4.79 Å². The molecule has 1 rings (SSSR count). The van der Waals surface area contributed by atoms with Crippen molar-refractivity contribution in [3.63, 3.8) is 0 Å². The number of hydrogen-bond acceptors (Lipinski definition) is 3. The average Bonchev–Trinajstić information content (AvgIpc) is 2.32. The molecule has 0 saturated carbocycles. The molecule has 0 aliphatic carbocycles. The van der Waals surface area contributed by atoms with E-state index in [0.717, 1.165) is 0 Å². The van der Waals surface area contributed by atoms with Crippen molar-refractivity contribution in [2.45, 2.75) is 19.8 Å². The van der Waals surface area contributed by atoms with Gasteiger partial charge in [0.15, 0.2) is 0 Å². The summed E-state index contributed by atoms with van der Waals surface area (Å²) in [5, 5.41) is 1.96. The van der Waals surface area contributed by atoms with Gasteiger partial charge < -0.3 is 0 Å². The van der Waals surface area contributed by atoms with E-state index in [1.165, 1.54) is 16.7 Å². The van der Waals surface area contributed by atoms with Gasteiger partial charge in [-0.05, 0) is 6.92 Å². The SMILES string of the molecule is Cc1nc(C(=O)C(C)(F)F)cs1. The van der Waals surface area contributed by atoms with E-state index in [4.69, 9.17) is 0 Å². The predicted octanol–water partition coefficient (Wildman–Crippen LogP) is 2.29. The van der Waals surface area contributed by atoms with Crippen molar-refractivity contribution in [1.82, 2.24) is 4.98 Å². The van der Waals surface area contributed by atoms with Crippen LogP contribution in [-0.2, 0) is 0 Å². The molecule has 0 fully saturated rings. The van der Waals surface area contributed by atoms with Gasteiger partial charge in [-0.25, -0.2) is 4.98 Å². The van der Waals surface area contributed by atoms with Gasteiger partial charge in [0.2, 0.25) is 0 Å². The van der Waals surface area contributed by atoms with Gasteiger partial charge in [0, 0.05) is 12.3 Å². The second-order valence-corrected chi connectivity index (χ2v) is 3.53. The van der Waals surface area contributed by atoms with Crippen molar-refractivity contribution in [2.24, 2.45) is 0 Å². The fourth-order valence-electron chi connectivity index (χ4n) is 0.693. The quantitative estimate of drug-likeness (QED) is 0.671. The summed E-state index contributed by atoms with van der Waals surface area (Å²) in [4.78, 5) is 14.5. The lowest BCUT2D eigenvalue weighted by molar-refractivity contribution is 0.0217. The van der Waals surface area contributed by atoms with E-state index in [1.54, 1.807) is 6.92 Å². The molecule has 12 heavy (non-hydrogen) atoms. The number of alkyl halides is 2. The Hall–Kier alpha value is -0.840. The molecule has 66 valence electrons. The molecule has 0 radical (unpaired) electrons. The molecule has 0 N–H and O–H groups in total. The molecule has 0 saturated heterocycles. The first kappa shape index (κ1) is 9.25. The van der Waals surface area contributed by atoms with Crippen molar-refractivity contribution in [1.29, 1.82) is 0 Å². The zero-order valence-corrected chi connectivity index (χ0v) is 7.41. The molecule has 1 heterocycles. The van der Waals surface area contributed by atoms with Gasteiger partial charge in [-0.1, -0.05) is 0 Å². The lowest BCUT2D eigenvalue weighted by Crippen LogP contribution is -2.24.